The monoisotopic (exact) mass is 188 g/mol. The largest absolute Gasteiger partial charge is 0.378 e. The van der Waals surface area contributed by atoms with E-state index in [1.807, 2.05) is 6.08 Å². The first-order valence-electron chi connectivity index (χ1n) is 4.02. The Labute approximate surface area is 77.7 Å². The third-order valence-electron chi connectivity index (χ3n) is 1.17. The molecular weight excluding hydrogens is 172 g/mol. The Balaban J connectivity index is 0.000000310. The summed E-state index contributed by atoms with van der Waals surface area (Å²) >= 11 is 0. The summed E-state index contributed by atoms with van der Waals surface area (Å²) in [5.41, 5.74) is 8.50. The molecule has 1 atom stereocenters. The lowest BCUT2D eigenvalue weighted by atomic mass is 10.4. The molecule has 13 heavy (non-hydrogen) atoms. The van der Waals surface area contributed by atoms with Crippen LogP contribution in [0.5, 0.6) is 0 Å². The third kappa shape index (κ3) is 13.9. The molecule has 0 radical (unpaired) electrons. The van der Waals surface area contributed by atoms with Crippen molar-refractivity contribution >= 4 is 6.03 Å². The minimum atomic E-state index is -0.833. The normalized spacial score (nSPS) is 18.3. The minimum absolute atomic E-state index is 0.398. The van der Waals surface area contributed by atoms with Gasteiger partial charge in [0.25, 0.3) is 0 Å². The zero-order chi connectivity index (χ0) is 10.1. The maximum Gasteiger partial charge on any atom is 0.309 e. The summed E-state index contributed by atoms with van der Waals surface area (Å²) in [4.78, 5) is 9.00. The number of carbonyl (C=O) groups excluding carboxylic acids is 1. The predicted octanol–water partition coefficient (Wildman–Crippen LogP) is 0.00170. The van der Waals surface area contributed by atoms with Gasteiger partial charge in [-0.05, 0) is 6.42 Å². The van der Waals surface area contributed by atoms with Gasteiger partial charge in [-0.1, -0.05) is 6.08 Å². The second-order valence-corrected chi connectivity index (χ2v) is 2.51. The van der Waals surface area contributed by atoms with Gasteiger partial charge in [0, 0.05) is 0 Å². The molecule has 1 saturated heterocycles. The number of urea groups is 1. The molecule has 1 aliphatic rings. The number of primary amides is 2. The van der Waals surface area contributed by atoms with E-state index >= 15 is 0 Å². The average Bonchev–Trinajstić information content (AvgIpc) is 2.80. The third-order valence-corrected chi connectivity index (χ3v) is 1.17. The van der Waals surface area contributed by atoms with Gasteiger partial charge in [-0.3, -0.25) is 0 Å². The molecule has 0 spiro atoms. The Morgan fingerprint density at radius 3 is 2.62 bits per heavy atom. The molecule has 0 saturated carbocycles. The van der Waals surface area contributed by atoms with Crippen molar-refractivity contribution in [2.75, 3.05) is 19.8 Å². The van der Waals surface area contributed by atoms with E-state index in [0.717, 1.165) is 26.2 Å². The van der Waals surface area contributed by atoms with E-state index in [2.05, 4.69) is 18.0 Å². The topological polar surface area (TPSA) is 90.9 Å². The van der Waals surface area contributed by atoms with Crippen molar-refractivity contribution in [1.29, 1.82) is 0 Å². The fourth-order valence-electron chi connectivity index (χ4n) is 0.546. The Morgan fingerprint density at radius 2 is 2.23 bits per heavy atom. The number of epoxide rings is 1. The van der Waals surface area contributed by atoms with E-state index in [4.69, 9.17) is 14.3 Å². The molecule has 1 aliphatic heterocycles. The minimum Gasteiger partial charge on any atom is -0.378 e. The molecule has 5 nitrogen and oxygen atoms in total. The lowest BCUT2D eigenvalue weighted by molar-refractivity contribution is 0.120. The van der Waals surface area contributed by atoms with Crippen LogP contribution in [0.25, 0.3) is 0 Å². The summed E-state index contributed by atoms with van der Waals surface area (Å²) in [5, 5.41) is 0. The molecule has 76 valence electrons. The quantitative estimate of drug-likeness (QED) is 0.361. The molecule has 0 aromatic heterocycles. The fraction of sp³-hybridized carbons (Fsp3) is 0.625. The molecule has 0 bridgehead atoms. The van der Waals surface area contributed by atoms with Crippen molar-refractivity contribution in [1.82, 2.24) is 0 Å². The zero-order valence-electron chi connectivity index (χ0n) is 7.57. The van der Waals surface area contributed by atoms with E-state index in [1.165, 1.54) is 0 Å². The van der Waals surface area contributed by atoms with Crippen molar-refractivity contribution in [3.63, 3.8) is 0 Å². The lowest BCUT2D eigenvalue weighted by Crippen LogP contribution is -2.18. The smallest absolute Gasteiger partial charge is 0.309 e. The van der Waals surface area contributed by atoms with E-state index < -0.39 is 6.03 Å². The molecular formula is C8H16N2O3. The van der Waals surface area contributed by atoms with Crippen LogP contribution in [0.1, 0.15) is 6.42 Å². The van der Waals surface area contributed by atoms with E-state index in [-0.39, 0.29) is 0 Å². The van der Waals surface area contributed by atoms with Gasteiger partial charge in [0.05, 0.1) is 19.8 Å². The summed E-state index contributed by atoms with van der Waals surface area (Å²) in [6.07, 6.45) is 3.19. The SMILES string of the molecule is C=CCCOCC1CO1.NC(N)=O. The van der Waals surface area contributed by atoms with Crippen LogP contribution in [0.3, 0.4) is 0 Å². The number of amides is 2. The summed E-state index contributed by atoms with van der Waals surface area (Å²) in [5.74, 6) is 0. The molecule has 4 N–H and O–H groups in total. The summed E-state index contributed by atoms with van der Waals surface area (Å²) in [7, 11) is 0. The number of nitrogens with two attached hydrogens (primary N) is 2. The van der Waals surface area contributed by atoms with Crippen LogP contribution in [0.4, 0.5) is 4.79 Å². The summed E-state index contributed by atoms with van der Waals surface area (Å²) in [6, 6.07) is -0.833. The zero-order valence-corrected chi connectivity index (χ0v) is 7.57. The van der Waals surface area contributed by atoms with Gasteiger partial charge in [-0.25, -0.2) is 4.79 Å². The van der Waals surface area contributed by atoms with Crippen LogP contribution in [0, 0.1) is 0 Å². The van der Waals surface area contributed by atoms with Crippen molar-refractivity contribution in [3.05, 3.63) is 12.7 Å². The van der Waals surface area contributed by atoms with Crippen LogP contribution in [0.15, 0.2) is 12.7 Å². The second kappa shape index (κ2) is 7.57. The molecule has 0 aliphatic carbocycles. The molecule has 5 heteroatoms. The lowest BCUT2D eigenvalue weighted by Gasteiger charge is -1.96. The first-order chi connectivity index (χ1) is 6.16. The van der Waals surface area contributed by atoms with Gasteiger partial charge in [0.15, 0.2) is 0 Å². The Morgan fingerprint density at radius 1 is 1.69 bits per heavy atom. The maximum atomic E-state index is 9.00. The molecule has 0 aromatic carbocycles. The number of ether oxygens (including phenoxy) is 2. The van der Waals surface area contributed by atoms with Crippen LogP contribution >= 0.6 is 0 Å². The van der Waals surface area contributed by atoms with Crippen LogP contribution in [-0.2, 0) is 9.47 Å². The van der Waals surface area contributed by atoms with Gasteiger partial charge in [-0.15, -0.1) is 6.58 Å². The standard InChI is InChI=1S/C7H12O2.CH4N2O/c1-2-3-4-8-5-7-6-9-7;2-1(3)4/h2,7H,1,3-6H2;(H4,2,3,4). The van der Waals surface area contributed by atoms with Crippen LogP contribution < -0.4 is 11.5 Å². The van der Waals surface area contributed by atoms with Crippen LogP contribution in [0.2, 0.25) is 0 Å². The molecule has 1 fully saturated rings. The highest BCUT2D eigenvalue weighted by atomic mass is 16.6. The van der Waals surface area contributed by atoms with E-state index in [0.29, 0.717) is 6.10 Å². The Hall–Kier alpha value is -1.07. The van der Waals surface area contributed by atoms with Gasteiger partial charge in [-0.2, -0.15) is 0 Å². The molecule has 2 amide bonds. The van der Waals surface area contributed by atoms with E-state index in [9.17, 15) is 0 Å². The molecule has 0 aromatic rings. The molecule has 1 heterocycles. The van der Waals surface area contributed by atoms with Crippen molar-refractivity contribution in [3.8, 4) is 0 Å². The number of rotatable bonds is 5. The van der Waals surface area contributed by atoms with Crippen molar-refractivity contribution in [2.24, 2.45) is 11.5 Å². The maximum absolute atomic E-state index is 9.00. The Kier molecular flexibility index (Phi) is 6.95. The first kappa shape index (κ1) is 11.9. The number of hydrogen-bond donors (Lipinski definition) is 2. The highest BCUT2D eigenvalue weighted by molar-refractivity contribution is 5.69. The highest BCUT2D eigenvalue weighted by Crippen LogP contribution is 2.08. The number of hydrogen-bond acceptors (Lipinski definition) is 3. The van der Waals surface area contributed by atoms with Gasteiger partial charge >= 0.3 is 6.03 Å². The van der Waals surface area contributed by atoms with Gasteiger partial charge in [0.2, 0.25) is 0 Å². The van der Waals surface area contributed by atoms with Gasteiger partial charge < -0.3 is 20.9 Å². The van der Waals surface area contributed by atoms with Gasteiger partial charge in [0.1, 0.15) is 6.10 Å². The Bertz CT molecular complexity index is 153. The van der Waals surface area contributed by atoms with Crippen molar-refractivity contribution < 1.29 is 14.3 Å². The fourth-order valence-corrected chi connectivity index (χ4v) is 0.546. The first-order valence-corrected chi connectivity index (χ1v) is 4.02. The highest BCUT2D eigenvalue weighted by Gasteiger charge is 2.21. The second-order valence-electron chi connectivity index (χ2n) is 2.51. The number of carbonyl (C=O) groups is 1. The summed E-state index contributed by atoms with van der Waals surface area (Å²) in [6.45, 7) is 6.00. The predicted molar refractivity (Wildman–Crippen MR) is 49.1 cm³/mol. The van der Waals surface area contributed by atoms with E-state index in [1.54, 1.807) is 0 Å². The van der Waals surface area contributed by atoms with Crippen molar-refractivity contribution in [2.45, 2.75) is 12.5 Å². The average molecular weight is 188 g/mol. The summed E-state index contributed by atoms with van der Waals surface area (Å²) < 4.78 is 10.1. The molecule has 1 unspecified atom stereocenters. The molecule has 1 rings (SSSR count). The van der Waals surface area contributed by atoms with Crippen LogP contribution in [-0.4, -0.2) is 32.0 Å².